The Kier molecular flexibility index (Phi) is 4.87. The van der Waals surface area contributed by atoms with Crippen LogP contribution in [0, 0.1) is 13.8 Å². The van der Waals surface area contributed by atoms with Gasteiger partial charge in [0, 0.05) is 5.56 Å². The normalized spacial score (nSPS) is 17.9. The summed E-state index contributed by atoms with van der Waals surface area (Å²) >= 11 is 1.37. The van der Waals surface area contributed by atoms with Crippen LogP contribution in [0.15, 0.2) is 78.4 Å². The summed E-state index contributed by atoms with van der Waals surface area (Å²) in [6, 6.07) is 21.4. The largest absolute Gasteiger partial charge is 0.507 e. The predicted octanol–water partition coefficient (Wildman–Crippen LogP) is 5.54. The third-order valence-electron chi connectivity index (χ3n) is 5.63. The van der Waals surface area contributed by atoms with Gasteiger partial charge in [-0.15, -0.1) is 0 Å². The second-order valence-corrected chi connectivity index (χ2v) is 8.88. The van der Waals surface area contributed by atoms with Crippen LogP contribution < -0.4 is 4.90 Å². The topological polar surface area (TPSA) is 70.5 Å². The molecule has 0 unspecified atom stereocenters. The van der Waals surface area contributed by atoms with Crippen molar-refractivity contribution in [2.45, 2.75) is 19.9 Å². The number of carbonyl (C=O) groups is 2. The Morgan fingerprint density at radius 2 is 1.62 bits per heavy atom. The number of aliphatic hydroxyl groups is 1. The molecule has 5 nitrogen and oxygen atoms in total. The van der Waals surface area contributed by atoms with Crippen LogP contribution in [0.25, 0.3) is 16.0 Å². The fraction of sp³-hybridized carbons (Fsp3) is 0.115. The number of thiazole rings is 1. The maximum Gasteiger partial charge on any atom is 0.301 e. The first-order chi connectivity index (χ1) is 15.5. The second kappa shape index (κ2) is 7.73. The van der Waals surface area contributed by atoms with Crippen LogP contribution in [0.4, 0.5) is 5.13 Å². The van der Waals surface area contributed by atoms with Gasteiger partial charge in [-0.25, -0.2) is 4.98 Å². The summed E-state index contributed by atoms with van der Waals surface area (Å²) in [6.45, 7) is 4.00. The smallest absolute Gasteiger partial charge is 0.301 e. The number of benzene rings is 3. The molecular formula is C26H20N2O3S. The summed E-state index contributed by atoms with van der Waals surface area (Å²) in [4.78, 5) is 32.6. The number of aromatic nitrogens is 1. The van der Waals surface area contributed by atoms with Gasteiger partial charge in [0.25, 0.3) is 5.78 Å². The molecule has 1 fully saturated rings. The first-order valence-corrected chi connectivity index (χ1v) is 11.1. The van der Waals surface area contributed by atoms with E-state index in [1.807, 2.05) is 62.4 Å². The molecule has 3 aromatic carbocycles. The van der Waals surface area contributed by atoms with Crippen molar-refractivity contribution < 1.29 is 14.7 Å². The number of hydrogen-bond donors (Lipinski definition) is 1. The molecule has 1 saturated heterocycles. The molecule has 1 N–H and O–H groups in total. The summed E-state index contributed by atoms with van der Waals surface area (Å²) in [5, 5.41) is 11.5. The summed E-state index contributed by atoms with van der Waals surface area (Å²) in [7, 11) is 0. The van der Waals surface area contributed by atoms with E-state index < -0.39 is 17.7 Å². The number of nitrogens with zero attached hydrogens (tertiary/aromatic N) is 2. The molecule has 0 bridgehead atoms. The van der Waals surface area contributed by atoms with Crippen LogP contribution in [0.5, 0.6) is 0 Å². The van der Waals surface area contributed by atoms with E-state index in [4.69, 9.17) is 4.98 Å². The van der Waals surface area contributed by atoms with Gasteiger partial charge in [-0.05, 0) is 36.6 Å². The SMILES string of the molecule is Cc1cc(C)c2nc(N3C(=O)C(=O)/C(=C(/O)c4ccccc4)[C@@H]3c3ccccc3)sc2c1. The Bertz CT molecular complexity index is 1390. The number of hydrogen-bond acceptors (Lipinski definition) is 5. The monoisotopic (exact) mass is 440 g/mol. The summed E-state index contributed by atoms with van der Waals surface area (Å²) in [6.07, 6.45) is 0. The minimum atomic E-state index is -0.765. The lowest BCUT2D eigenvalue weighted by Gasteiger charge is -2.22. The van der Waals surface area contributed by atoms with E-state index in [-0.39, 0.29) is 11.3 Å². The molecule has 0 spiro atoms. The fourth-order valence-corrected chi connectivity index (χ4v) is 5.36. The van der Waals surface area contributed by atoms with Gasteiger partial charge < -0.3 is 5.11 Å². The van der Waals surface area contributed by atoms with Crippen molar-refractivity contribution in [1.29, 1.82) is 0 Å². The molecule has 2 heterocycles. The van der Waals surface area contributed by atoms with Crippen molar-refractivity contribution in [2.75, 3.05) is 4.90 Å². The maximum atomic E-state index is 13.3. The minimum Gasteiger partial charge on any atom is -0.507 e. The van der Waals surface area contributed by atoms with Crippen molar-refractivity contribution >= 4 is 44.1 Å². The van der Waals surface area contributed by atoms with E-state index in [0.717, 1.165) is 26.9 Å². The van der Waals surface area contributed by atoms with Crippen molar-refractivity contribution in [1.82, 2.24) is 4.98 Å². The van der Waals surface area contributed by atoms with Crippen molar-refractivity contribution in [3.63, 3.8) is 0 Å². The number of fused-ring (bicyclic) bond motifs is 1. The van der Waals surface area contributed by atoms with E-state index in [9.17, 15) is 14.7 Å². The highest BCUT2D eigenvalue weighted by molar-refractivity contribution is 7.22. The van der Waals surface area contributed by atoms with Gasteiger partial charge in [-0.3, -0.25) is 14.5 Å². The van der Waals surface area contributed by atoms with Gasteiger partial charge in [0.2, 0.25) is 0 Å². The number of ketones is 1. The van der Waals surface area contributed by atoms with Crippen LogP contribution in [0.2, 0.25) is 0 Å². The third kappa shape index (κ3) is 3.20. The van der Waals surface area contributed by atoms with Crippen molar-refractivity contribution in [3.05, 3.63) is 101 Å². The standard InChI is InChI=1S/C26H20N2O3S/c1-15-13-16(2)21-19(14-15)32-26(27-21)28-22(17-9-5-3-6-10-17)20(24(30)25(28)31)23(29)18-11-7-4-8-12-18/h3-14,22,29H,1-2H3/b23-20+/t22-/m0/s1. The zero-order valence-corrected chi connectivity index (χ0v) is 18.4. The van der Waals surface area contributed by atoms with Crippen LogP contribution in [0.3, 0.4) is 0 Å². The Hall–Kier alpha value is -3.77. The third-order valence-corrected chi connectivity index (χ3v) is 6.63. The zero-order valence-electron chi connectivity index (χ0n) is 17.6. The first-order valence-electron chi connectivity index (χ1n) is 10.2. The molecule has 32 heavy (non-hydrogen) atoms. The Morgan fingerprint density at radius 3 is 2.31 bits per heavy atom. The van der Waals surface area contributed by atoms with Gasteiger partial charge in [0.15, 0.2) is 5.13 Å². The molecule has 1 aromatic heterocycles. The van der Waals surface area contributed by atoms with E-state index in [2.05, 4.69) is 0 Å². The zero-order chi connectivity index (χ0) is 22.4. The first kappa shape index (κ1) is 20.2. The number of amides is 1. The Labute approximate surface area is 189 Å². The highest BCUT2D eigenvalue weighted by Gasteiger charge is 2.48. The Balaban J connectivity index is 1.74. The molecule has 1 aliphatic rings. The van der Waals surface area contributed by atoms with Gasteiger partial charge >= 0.3 is 5.91 Å². The average molecular weight is 441 g/mol. The fourth-order valence-electron chi connectivity index (χ4n) is 4.19. The van der Waals surface area contributed by atoms with Crippen LogP contribution in [0.1, 0.15) is 28.3 Å². The van der Waals surface area contributed by atoms with Crippen molar-refractivity contribution in [2.24, 2.45) is 0 Å². The highest BCUT2D eigenvalue weighted by Crippen LogP contribution is 2.44. The summed E-state index contributed by atoms with van der Waals surface area (Å²) in [5.74, 6) is -1.59. The number of aliphatic hydroxyl groups excluding tert-OH is 1. The highest BCUT2D eigenvalue weighted by atomic mass is 32.1. The predicted molar refractivity (Wildman–Crippen MR) is 127 cm³/mol. The number of aryl methyl sites for hydroxylation is 2. The lowest BCUT2D eigenvalue weighted by molar-refractivity contribution is -0.132. The lowest BCUT2D eigenvalue weighted by Crippen LogP contribution is -2.29. The van der Waals surface area contributed by atoms with E-state index in [0.29, 0.717) is 10.7 Å². The molecule has 1 atom stereocenters. The van der Waals surface area contributed by atoms with Crippen LogP contribution in [-0.4, -0.2) is 21.8 Å². The summed E-state index contributed by atoms with van der Waals surface area (Å²) < 4.78 is 0.953. The molecular weight excluding hydrogens is 420 g/mol. The quantitative estimate of drug-likeness (QED) is 0.258. The molecule has 5 rings (SSSR count). The van der Waals surface area contributed by atoms with E-state index in [1.54, 1.807) is 24.3 Å². The van der Waals surface area contributed by atoms with E-state index in [1.165, 1.54) is 16.2 Å². The molecule has 1 amide bonds. The molecule has 1 aliphatic heterocycles. The molecule has 0 saturated carbocycles. The van der Waals surface area contributed by atoms with Crippen LogP contribution in [-0.2, 0) is 9.59 Å². The minimum absolute atomic E-state index is 0.0690. The number of anilines is 1. The second-order valence-electron chi connectivity index (χ2n) is 7.87. The lowest BCUT2D eigenvalue weighted by atomic mass is 9.95. The number of Topliss-reactive ketones (excluding diaryl/α,β-unsaturated/α-hetero) is 1. The maximum absolute atomic E-state index is 13.3. The molecule has 158 valence electrons. The van der Waals surface area contributed by atoms with Gasteiger partial charge in [-0.1, -0.05) is 78.1 Å². The van der Waals surface area contributed by atoms with Gasteiger partial charge in [0.1, 0.15) is 5.76 Å². The molecule has 6 heteroatoms. The van der Waals surface area contributed by atoms with Gasteiger partial charge in [-0.2, -0.15) is 0 Å². The summed E-state index contributed by atoms with van der Waals surface area (Å²) in [5.41, 5.74) is 4.22. The Morgan fingerprint density at radius 1 is 0.969 bits per heavy atom. The molecule has 4 aromatic rings. The molecule has 0 aliphatic carbocycles. The average Bonchev–Trinajstić information content (AvgIpc) is 3.33. The van der Waals surface area contributed by atoms with Crippen molar-refractivity contribution in [3.8, 4) is 0 Å². The van der Waals surface area contributed by atoms with E-state index >= 15 is 0 Å². The number of carbonyl (C=O) groups excluding carboxylic acids is 2. The van der Waals surface area contributed by atoms with Crippen LogP contribution >= 0.6 is 11.3 Å². The number of rotatable bonds is 3. The van der Waals surface area contributed by atoms with Gasteiger partial charge in [0.05, 0.1) is 21.8 Å². The molecule has 0 radical (unpaired) electrons.